The standard InChI is InChI=1S/2C13H17BrN2.ClH/c2*1-15-13(11-6-8-16-9-7-11)10-2-4-12(14)5-3-10;/h2*2-5,11,16H,6-9H2,1H3;1H. The highest BCUT2D eigenvalue weighted by Crippen LogP contribution is 2.22. The lowest BCUT2D eigenvalue weighted by atomic mass is 9.89. The molecule has 0 aromatic heterocycles. The maximum Gasteiger partial charge on any atom is 0.0448 e. The molecule has 2 saturated heterocycles. The molecular formula is C26H35Br2ClN4. The lowest BCUT2D eigenvalue weighted by Crippen LogP contribution is -2.32. The third-order valence-electron chi connectivity index (χ3n) is 6.21. The van der Waals surface area contributed by atoms with Crippen molar-refractivity contribution < 1.29 is 0 Å². The van der Waals surface area contributed by atoms with Gasteiger partial charge in [0.1, 0.15) is 0 Å². The van der Waals surface area contributed by atoms with E-state index in [1.165, 1.54) is 48.2 Å². The van der Waals surface area contributed by atoms with Crippen LogP contribution in [0.25, 0.3) is 0 Å². The number of rotatable bonds is 4. The van der Waals surface area contributed by atoms with E-state index in [1.807, 2.05) is 14.1 Å². The van der Waals surface area contributed by atoms with E-state index in [4.69, 9.17) is 0 Å². The first kappa shape index (κ1) is 28.2. The van der Waals surface area contributed by atoms with Crippen molar-refractivity contribution in [2.45, 2.75) is 25.7 Å². The maximum atomic E-state index is 4.49. The Labute approximate surface area is 221 Å². The number of benzene rings is 2. The Balaban J connectivity index is 0.000000227. The molecule has 0 unspecified atom stereocenters. The fourth-order valence-corrected chi connectivity index (χ4v) is 5.06. The Bertz CT molecular complexity index is 810. The quantitative estimate of drug-likeness (QED) is 0.415. The number of piperidine rings is 2. The molecule has 0 bridgehead atoms. The number of hydrogen-bond acceptors (Lipinski definition) is 4. The van der Waals surface area contributed by atoms with Crippen molar-refractivity contribution in [2.24, 2.45) is 21.8 Å². The topological polar surface area (TPSA) is 48.8 Å². The monoisotopic (exact) mass is 596 g/mol. The fraction of sp³-hybridized carbons (Fsp3) is 0.462. The van der Waals surface area contributed by atoms with Gasteiger partial charge in [0.2, 0.25) is 0 Å². The highest BCUT2D eigenvalue weighted by Gasteiger charge is 2.20. The van der Waals surface area contributed by atoms with Crippen molar-refractivity contribution >= 4 is 55.7 Å². The van der Waals surface area contributed by atoms with Crippen LogP contribution >= 0.6 is 44.3 Å². The zero-order chi connectivity index (χ0) is 22.8. The minimum atomic E-state index is 0. The molecule has 4 nitrogen and oxygen atoms in total. The largest absolute Gasteiger partial charge is 0.317 e. The van der Waals surface area contributed by atoms with Crippen LogP contribution in [0.2, 0.25) is 0 Å². The van der Waals surface area contributed by atoms with E-state index in [9.17, 15) is 0 Å². The summed E-state index contributed by atoms with van der Waals surface area (Å²) in [6.07, 6.45) is 4.79. The van der Waals surface area contributed by atoms with Gasteiger partial charge in [0.25, 0.3) is 0 Å². The Hall–Kier alpha value is -1.05. The zero-order valence-corrected chi connectivity index (χ0v) is 23.5. The van der Waals surface area contributed by atoms with Crippen molar-refractivity contribution in [3.63, 3.8) is 0 Å². The number of aliphatic imine (C=N–C) groups is 2. The zero-order valence-electron chi connectivity index (χ0n) is 19.5. The highest BCUT2D eigenvalue weighted by molar-refractivity contribution is 9.10. The molecule has 0 radical (unpaired) electrons. The van der Waals surface area contributed by atoms with Gasteiger partial charge in [-0.15, -0.1) is 12.4 Å². The Morgan fingerprint density at radius 1 is 0.636 bits per heavy atom. The predicted octanol–water partition coefficient (Wildman–Crippen LogP) is 6.16. The molecule has 2 aliphatic heterocycles. The second-order valence-corrected chi connectivity index (χ2v) is 10.1. The van der Waals surface area contributed by atoms with Crippen LogP contribution in [0.3, 0.4) is 0 Å². The summed E-state index contributed by atoms with van der Waals surface area (Å²) in [7, 11) is 3.80. The summed E-state index contributed by atoms with van der Waals surface area (Å²) in [6.45, 7) is 4.45. The summed E-state index contributed by atoms with van der Waals surface area (Å²) in [5, 5.41) is 6.78. The van der Waals surface area contributed by atoms with Crippen molar-refractivity contribution in [2.75, 3.05) is 40.3 Å². The van der Waals surface area contributed by atoms with Crippen molar-refractivity contribution in [1.29, 1.82) is 0 Å². The highest BCUT2D eigenvalue weighted by atomic mass is 79.9. The molecule has 180 valence electrons. The molecule has 0 amide bonds. The number of nitrogens with zero attached hydrogens (tertiary/aromatic N) is 2. The third kappa shape index (κ3) is 8.59. The molecule has 2 N–H and O–H groups in total. The van der Waals surface area contributed by atoms with Crippen LogP contribution in [0.15, 0.2) is 67.5 Å². The molecule has 0 spiro atoms. The minimum absolute atomic E-state index is 0. The average Bonchev–Trinajstić information content (AvgIpc) is 2.84. The summed E-state index contributed by atoms with van der Waals surface area (Å²) in [4.78, 5) is 8.97. The molecule has 2 heterocycles. The van der Waals surface area contributed by atoms with Gasteiger partial charge in [0.15, 0.2) is 0 Å². The Kier molecular flexibility index (Phi) is 12.9. The molecule has 7 heteroatoms. The molecule has 0 aliphatic carbocycles. The van der Waals surface area contributed by atoms with Crippen molar-refractivity contribution in [1.82, 2.24) is 10.6 Å². The predicted molar refractivity (Wildman–Crippen MR) is 152 cm³/mol. The van der Waals surface area contributed by atoms with E-state index in [-0.39, 0.29) is 12.4 Å². The summed E-state index contributed by atoms with van der Waals surface area (Å²) in [5.41, 5.74) is 5.04. The normalized spacial score (nSPS) is 18.2. The smallest absolute Gasteiger partial charge is 0.0448 e. The van der Waals surface area contributed by atoms with E-state index < -0.39 is 0 Å². The molecule has 33 heavy (non-hydrogen) atoms. The van der Waals surface area contributed by atoms with Gasteiger partial charge < -0.3 is 10.6 Å². The maximum absolute atomic E-state index is 4.49. The number of hydrogen-bond donors (Lipinski definition) is 2. The Morgan fingerprint density at radius 2 is 0.939 bits per heavy atom. The first-order valence-electron chi connectivity index (χ1n) is 11.5. The van der Waals surface area contributed by atoms with E-state index >= 15 is 0 Å². The van der Waals surface area contributed by atoms with E-state index in [0.29, 0.717) is 11.8 Å². The van der Waals surface area contributed by atoms with Gasteiger partial charge >= 0.3 is 0 Å². The van der Waals surface area contributed by atoms with Gasteiger partial charge in [0.05, 0.1) is 0 Å². The molecule has 2 fully saturated rings. The third-order valence-corrected chi connectivity index (χ3v) is 7.27. The van der Waals surface area contributed by atoms with Gasteiger partial charge in [-0.1, -0.05) is 56.1 Å². The average molecular weight is 599 g/mol. The minimum Gasteiger partial charge on any atom is -0.317 e. The van der Waals surface area contributed by atoms with Gasteiger partial charge in [0, 0.05) is 46.3 Å². The van der Waals surface area contributed by atoms with Crippen LogP contribution in [0.1, 0.15) is 36.8 Å². The Morgan fingerprint density at radius 3 is 1.21 bits per heavy atom. The van der Waals surface area contributed by atoms with Crippen LogP contribution in [0.4, 0.5) is 0 Å². The van der Waals surface area contributed by atoms with E-state index in [1.54, 1.807) is 0 Å². The van der Waals surface area contributed by atoms with Gasteiger partial charge in [-0.3, -0.25) is 9.98 Å². The summed E-state index contributed by atoms with van der Waals surface area (Å²) >= 11 is 6.93. The van der Waals surface area contributed by atoms with Crippen LogP contribution in [0.5, 0.6) is 0 Å². The summed E-state index contributed by atoms with van der Waals surface area (Å²) < 4.78 is 2.24. The first-order chi connectivity index (χ1) is 15.6. The van der Waals surface area contributed by atoms with Crippen LogP contribution in [-0.2, 0) is 0 Å². The van der Waals surface area contributed by atoms with Crippen molar-refractivity contribution in [3.05, 3.63) is 68.6 Å². The van der Waals surface area contributed by atoms with Gasteiger partial charge in [-0.25, -0.2) is 0 Å². The number of nitrogens with one attached hydrogen (secondary N) is 2. The lowest BCUT2D eigenvalue weighted by molar-refractivity contribution is 0.457. The van der Waals surface area contributed by atoms with E-state index in [0.717, 1.165) is 35.1 Å². The number of halogens is 3. The van der Waals surface area contributed by atoms with Crippen LogP contribution in [0, 0.1) is 11.8 Å². The first-order valence-corrected chi connectivity index (χ1v) is 13.1. The fourth-order valence-electron chi connectivity index (χ4n) is 4.53. The second-order valence-electron chi connectivity index (χ2n) is 8.28. The van der Waals surface area contributed by atoms with Crippen LogP contribution in [-0.4, -0.2) is 51.7 Å². The molecular weight excluding hydrogens is 564 g/mol. The van der Waals surface area contributed by atoms with Gasteiger partial charge in [-0.2, -0.15) is 0 Å². The molecule has 4 rings (SSSR count). The SMILES string of the molecule is CN=C(c1ccc(Br)cc1)C1CCNCC1.CN=C(c1ccc(Br)cc1)C1CCNCC1.Cl. The van der Waals surface area contributed by atoms with Crippen LogP contribution < -0.4 is 10.6 Å². The molecule has 2 aliphatic rings. The molecule has 2 aromatic rings. The summed E-state index contributed by atoms with van der Waals surface area (Å²) in [5.74, 6) is 1.24. The molecule has 2 aromatic carbocycles. The van der Waals surface area contributed by atoms with E-state index in [2.05, 4.69) is 101 Å². The molecule has 0 atom stereocenters. The molecule has 0 saturated carbocycles. The second kappa shape index (κ2) is 15.0. The van der Waals surface area contributed by atoms with Crippen molar-refractivity contribution in [3.8, 4) is 0 Å². The lowest BCUT2D eigenvalue weighted by Gasteiger charge is -2.24. The van der Waals surface area contributed by atoms with Gasteiger partial charge in [-0.05, 0) is 87.3 Å². The summed E-state index contributed by atoms with van der Waals surface area (Å²) in [6, 6.07) is 16.9.